The molecule has 0 saturated carbocycles. The van der Waals surface area contributed by atoms with E-state index in [-0.39, 0.29) is 6.42 Å². The van der Waals surface area contributed by atoms with E-state index in [0.717, 1.165) is 25.9 Å². The van der Waals surface area contributed by atoms with Crippen LogP contribution >= 0.6 is 12.6 Å². The minimum atomic E-state index is -0.712. The number of carboxylic acid groups (broad SMARTS) is 1. The van der Waals surface area contributed by atoms with Gasteiger partial charge in [0.15, 0.2) is 0 Å². The molecule has 0 bridgehead atoms. The van der Waals surface area contributed by atoms with Crippen LogP contribution in [0.3, 0.4) is 0 Å². The molecule has 1 heterocycles. The Morgan fingerprint density at radius 3 is 3.00 bits per heavy atom. The van der Waals surface area contributed by atoms with Crippen molar-refractivity contribution in [2.24, 2.45) is 0 Å². The van der Waals surface area contributed by atoms with Gasteiger partial charge in [-0.25, -0.2) is 0 Å². The zero-order valence-corrected chi connectivity index (χ0v) is 7.96. The first-order valence-corrected chi connectivity index (χ1v) is 4.82. The Labute approximate surface area is 78.2 Å². The monoisotopic (exact) mass is 189 g/mol. The predicted octanol–water partition coefficient (Wildman–Crippen LogP) is 0.855. The van der Waals surface area contributed by atoms with E-state index in [9.17, 15) is 4.79 Å². The minimum Gasteiger partial charge on any atom is -0.481 e. The summed E-state index contributed by atoms with van der Waals surface area (Å²) in [6.45, 7) is 2.65. The summed E-state index contributed by atoms with van der Waals surface area (Å²) in [7, 11) is 0. The maximum Gasteiger partial charge on any atom is 0.304 e. The van der Waals surface area contributed by atoms with E-state index in [2.05, 4.69) is 17.5 Å². The highest BCUT2D eigenvalue weighted by Crippen LogP contribution is 2.14. The Kier molecular flexibility index (Phi) is 3.88. The van der Waals surface area contributed by atoms with Gasteiger partial charge in [0, 0.05) is 18.3 Å². The molecule has 70 valence electrons. The lowest BCUT2D eigenvalue weighted by atomic mass is 10.1. The number of aliphatic carboxylic acids is 1. The molecule has 0 aliphatic carbocycles. The highest BCUT2D eigenvalue weighted by atomic mass is 32.1. The standard InChI is InChI=1S/C8H15NO2S/c10-8(11)3-5-9-4-1-2-7(12)6-9/h7,12H,1-6H2,(H,10,11). The largest absolute Gasteiger partial charge is 0.481 e. The van der Waals surface area contributed by atoms with Gasteiger partial charge < -0.3 is 10.0 Å². The highest BCUT2D eigenvalue weighted by Gasteiger charge is 2.16. The lowest BCUT2D eigenvalue weighted by molar-refractivity contribution is -0.137. The molecule has 4 heteroatoms. The van der Waals surface area contributed by atoms with Gasteiger partial charge in [0.1, 0.15) is 0 Å². The Balaban J connectivity index is 2.18. The summed E-state index contributed by atoms with van der Waals surface area (Å²) in [5.41, 5.74) is 0. The van der Waals surface area contributed by atoms with E-state index in [4.69, 9.17) is 5.11 Å². The summed E-state index contributed by atoms with van der Waals surface area (Å²) >= 11 is 4.38. The van der Waals surface area contributed by atoms with Gasteiger partial charge in [-0.1, -0.05) is 0 Å². The Morgan fingerprint density at radius 2 is 2.42 bits per heavy atom. The van der Waals surface area contributed by atoms with Crippen LogP contribution in [0.4, 0.5) is 0 Å². The van der Waals surface area contributed by atoms with Gasteiger partial charge in [0.25, 0.3) is 0 Å². The topological polar surface area (TPSA) is 40.5 Å². The summed E-state index contributed by atoms with van der Waals surface area (Å²) < 4.78 is 0. The van der Waals surface area contributed by atoms with Gasteiger partial charge in [-0.2, -0.15) is 12.6 Å². The second-order valence-corrected chi connectivity index (χ2v) is 3.97. The molecule has 1 N–H and O–H groups in total. The first-order valence-electron chi connectivity index (χ1n) is 4.30. The van der Waals surface area contributed by atoms with E-state index in [1.54, 1.807) is 0 Å². The van der Waals surface area contributed by atoms with E-state index < -0.39 is 5.97 Å². The number of carbonyl (C=O) groups is 1. The maximum absolute atomic E-state index is 10.3. The first kappa shape index (κ1) is 9.86. The van der Waals surface area contributed by atoms with Crippen molar-refractivity contribution in [2.75, 3.05) is 19.6 Å². The van der Waals surface area contributed by atoms with Crippen LogP contribution in [0, 0.1) is 0 Å². The number of hydrogen-bond acceptors (Lipinski definition) is 3. The molecule has 1 rings (SSSR count). The summed E-state index contributed by atoms with van der Waals surface area (Å²) in [5, 5.41) is 8.90. The number of rotatable bonds is 3. The number of carboxylic acids is 1. The Bertz CT molecular complexity index is 163. The lowest BCUT2D eigenvalue weighted by Gasteiger charge is -2.29. The molecule has 1 saturated heterocycles. The Hall–Kier alpha value is -0.220. The first-order chi connectivity index (χ1) is 5.68. The summed E-state index contributed by atoms with van der Waals surface area (Å²) in [6, 6.07) is 0. The van der Waals surface area contributed by atoms with E-state index in [1.807, 2.05) is 0 Å². The fraction of sp³-hybridized carbons (Fsp3) is 0.875. The molecular formula is C8H15NO2S. The summed E-state index contributed by atoms with van der Waals surface area (Å²) in [6.07, 6.45) is 2.56. The normalized spacial score (nSPS) is 25.6. The fourth-order valence-electron chi connectivity index (χ4n) is 1.49. The van der Waals surface area contributed by atoms with Gasteiger partial charge in [-0.3, -0.25) is 4.79 Å². The van der Waals surface area contributed by atoms with Crippen LogP contribution in [0.5, 0.6) is 0 Å². The van der Waals surface area contributed by atoms with Gasteiger partial charge in [-0.15, -0.1) is 0 Å². The third kappa shape index (κ3) is 3.45. The van der Waals surface area contributed by atoms with Crippen LogP contribution in [-0.4, -0.2) is 40.9 Å². The molecule has 1 atom stereocenters. The van der Waals surface area contributed by atoms with Crippen molar-refractivity contribution in [1.29, 1.82) is 0 Å². The molecule has 0 spiro atoms. The van der Waals surface area contributed by atoms with Crippen molar-refractivity contribution >= 4 is 18.6 Å². The van der Waals surface area contributed by atoms with Gasteiger partial charge >= 0.3 is 5.97 Å². The summed E-state index contributed by atoms with van der Waals surface area (Å²) in [4.78, 5) is 12.5. The van der Waals surface area contributed by atoms with Crippen LogP contribution < -0.4 is 0 Å². The second kappa shape index (κ2) is 4.72. The average molecular weight is 189 g/mol. The predicted molar refractivity (Wildman–Crippen MR) is 50.7 cm³/mol. The van der Waals surface area contributed by atoms with E-state index >= 15 is 0 Å². The molecule has 0 amide bonds. The van der Waals surface area contributed by atoms with Gasteiger partial charge in [0.05, 0.1) is 6.42 Å². The average Bonchev–Trinajstić information content (AvgIpc) is 2.01. The van der Waals surface area contributed by atoms with Crippen molar-refractivity contribution < 1.29 is 9.90 Å². The maximum atomic E-state index is 10.3. The molecule has 0 aromatic carbocycles. The van der Waals surface area contributed by atoms with Crippen LogP contribution in [0.2, 0.25) is 0 Å². The number of thiol groups is 1. The molecule has 1 unspecified atom stereocenters. The fourth-order valence-corrected chi connectivity index (χ4v) is 1.90. The molecule has 1 fully saturated rings. The zero-order valence-electron chi connectivity index (χ0n) is 7.07. The molecular weight excluding hydrogens is 174 g/mol. The van der Waals surface area contributed by atoms with Crippen molar-refractivity contribution in [3.8, 4) is 0 Å². The number of piperidine rings is 1. The van der Waals surface area contributed by atoms with Crippen LogP contribution in [0.1, 0.15) is 19.3 Å². The molecule has 1 aliphatic heterocycles. The zero-order chi connectivity index (χ0) is 8.97. The molecule has 3 nitrogen and oxygen atoms in total. The third-order valence-electron chi connectivity index (χ3n) is 2.12. The van der Waals surface area contributed by atoms with Crippen molar-refractivity contribution in [1.82, 2.24) is 4.90 Å². The van der Waals surface area contributed by atoms with Gasteiger partial charge in [-0.05, 0) is 19.4 Å². The van der Waals surface area contributed by atoms with E-state index in [1.165, 1.54) is 0 Å². The second-order valence-electron chi connectivity index (χ2n) is 3.24. The number of likely N-dealkylation sites (tertiary alicyclic amines) is 1. The number of nitrogens with zero attached hydrogens (tertiary/aromatic N) is 1. The summed E-state index contributed by atoms with van der Waals surface area (Å²) in [5.74, 6) is -0.712. The minimum absolute atomic E-state index is 0.250. The van der Waals surface area contributed by atoms with Crippen LogP contribution in [0.25, 0.3) is 0 Å². The molecule has 0 aromatic rings. The molecule has 0 aromatic heterocycles. The number of hydrogen-bond donors (Lipinski definition) is 2. The molecule has 1 aliphatic rings. The van der Waals surface area contributed by atoms with Crippen molar-refractivity contribution in [2.45, 2.75) is 24.5 Å². The molecule has 12 heavy (non-hydrogen) atoms. The SMILES string of the molecule is O=C(O)CCN1CCCC(S)C1. The Morgan fingerprint density at radius 1 is 1.67 bits per heavy atom. The smallest absolute Gasteiger partial charge is 0.304 e. The van der Waals surface area contributed by atoms with Crippen LogP contribution in [0.15, 0.2) is 0 Å². The highest BCUT2D eigenvalue weighted by molar-refractivity contribution is 7.81. The van der Waals surface area contributed by atoms with Crippen LogP contribution in [-0.2, 0) is 4.79 Å². The van der Waals surface area contributed by atoms with Crippen molar-refractivity contribution in [3.05, 3.63) is 0 Å². The molecule has 0 radical (unpaired) electrons. The van der Waals surface area contributed by atoms with Crippen molar-refractivity contribution in [3.63, 3.8) is 0 Å². The van der Waals surface area contributed by atoms with E-state index in [0.29, 0.717) is 11.8 Å². The quantitative estimate of drug-likeness (QED) is 0.647. The third-order valence-corrected chi connectivity index (χ3v) is 2.54. The van der Waals surface area contributed by atoms with Gasteiger partial charge in [0.2, 0.25) is 0 Å². The lowest BCUT2D eigenvalue weighted by Crippen LogP contribution is -2.37.